The highest BCUT2D eigenvalue weighted by Gasteiger charge is 2.27. The first kappa shape index (κ1) is 27.1. The summed E-state index contributed by atoms with van der Waals surface area (Å²) in [5.74, 6) is -0.902. The van der Waals surface area contributed by atoms with Crippen molar-refractivity contribution < 1.29 is 23.9 Å². The number of hydrogen-bond acceptors (Lipinski definition) is 7. The average molecular weight is 548 g/mol. The maximum absolute atomic E-state index is 13.5. The molecule has 2 amide bonds. The van der Waals surface area contributed by atoms with Crippen LogP contribution >= 0.6 is 11.3 Å². The molecule has 2 N–H and O–H groups in total. The first-order valence-electron chi connectivity index (χ1n) is 13.4. The van der Waals surface area contributed by atoms with Gasteiger partial charge < -0.3 is 20.1 Å². The Balaban J connectivity index is 1.33. The molecule has 0 bridgehead atoms. The zero-order chi connectivity index (χ0) is 27.2. The van der Waals surface area contributed by atoms with Gasteiger partial charge in [0, 0.05) is 35.8 Å². The summed E-state index contributed by atoms with van der Waals surface area (Å²) in [4.78, 5) is 42.3. The van der Waals surface area contributed by atoms with Gasteiger partial charge in [-0.05, 0) is 80.1 Å². The zero-order valence-electron chi connectivity index (χ0n) is 22.1. The molecule has 1 aromatic heterocycles. The first-order valence-corrected chi connectivity index (χ1v) is 14.3. The fourth-order valence-electron chi connectivity index (χ4n) is 5.00. The number of nitrogens with one attached hydrogen (secondary N) is 2. The lowest BCUT2D eigenvalue weighted by atomic mass is 9.95. The highest BCUT2D eigenvalue weighted by molar-refractivity contribution is 7.17. The van der Waals surface area contributed by atoms with Crippen molar-refractivity contribution in [2.75, 3.05) is 43.5 Å². The summed E-state index contributed by atoms with van der Waals surface area (Å²) in [7, 11) is 0. The van der Waals surface area contributed by atoms with E-state index in [0.29, 0.717) is 34.0 Å². The van der Waals surface area contributed by atoms with E-state index in [1.54, 1.807) is 37.3 Å². The van der Waals surface area contributed by atoms with Gasteiger partial charge in [0.2, 0.25) is 0 Å². The molecule has 0 spiro atoms. The largest absolute Gasteiger partial charge is 0.462 e. The summed E-state index contributed by atoms with van der Waals surface area (Å²) in [6, 6.07) is 14.3. The van der Waals surface area contributed by atoms with Crippen molar-refractivity contribution in [2.45, 2.75) is 39.2 Å². The van der Waals surface area contributed by atoms with Crippen molar-refractivity contribution in [3.63, 3.8) is 0 Å². The van der Waals surface area contributed by atoms with Gasteiger partial charge in [-0.25, -0.2) is 4.79 Å². The Kier molecular flexibility index (Phi) is 8.71. The van der Waals surface area contributed by atoms with E-state index in [-0.39, 0.29) is 11.8 Å². The Morgan fingerprint density at radius 3 is 2.49 bits per heavy atom. The van der Waals surface area contributed by atoms with Gasteiger partial charge in [0.25, 0.3) is 11.8 Å². The smallest absolute Gasteiger partial charge is 0.338 e. The molecule has 9 heteroatoms. The van der Waals surface area contributed by atoms with E-state index < -0.39 is 5.97 Å². The predicted molar refractivity (Wildman–Crippen MR) is 152 cm³/mol. The van der Waals surface area contributed by atoms with Gasteiger partial charge in [-0.3, -0.25) is 14.5 Å². The van der Waals surface area contributed by atoms with Crippen molar-refractivity contribution in [2.24, 2.45) is 0 Å². The van der Waals surface area contributed by atoms with Crippen molar-refractivity contribution in [1.29, 1.82) is 0 Å². The second-order valence-electron chi connectivity index (χ2n) is 9.71. The molecule has 5 rings (SSSR count). The quantitative estimate of drug-likeness (QED) is 0.379. The van der Waals surface area contributed by atoms with Crippen LogP contribution in [-0.4, -0.2) is 55.6 Å². The Morgan fingerprint density at radius 2 is 1.72 bits per heavy atom. The van der Waals surface area contributed by atoms with Crippen LogP contribution in [0.4, 0.5) is 10.7 Å². The molecule has 0 radical (unpaired) electrons. The number of aryl methyl sites for hydroxylation is 1. The van der Waals surface area contributed by atoms with Gasteiger partial charge in [0.05, 0.1) is 30.9 Å². The third-order valence-corrected chi connectivity index (χ3v) is 8.19. The number of anilines is 2. The van der Waals surface area contributed by atoms with Gasteiger partial charge in [0.1, 0.15) is 5.00 Å². The number of benzene rings is 2. The zero-order valence-corrected chi connectivity index (χ0v) is 22.9. The lowest BCUT2D eigenvalue weighted by Crippen LogP contribution is -2.35. The third kappa shape index (κ3) is 6.55. The van der Waals surface area contributed by atoms with E-state index in [9.17, 15) is 14.4 Å². The lowest BCUT2D eigenvalue weighted by Gasteiger charge is -2.26. The van der Waals surface area contributed by atoms with Crippen LogP contribution in [-0.2, 0) is 28.9 Å². The number of nitrogens with zero attached hydrogens (tertiary/aromatic N) is 1. The van der Waals surface area contributed by atoms with Crippen molar-refractivity contribution in [3.05, 3.63) is 81.2 Å². The normalized spacial score (nSPS) is 15.3. The lowest BCUT2D eigenvalue weighted by molar-refractivity contribution is 0.0342. The molecule has 1 aliphatic heterocycles. The maximum Gasteiger partial charge on any atom is 0.338 e. The predicted octanol–water partition coefficient (Wildman–Crippen LogP) is 5.14. The first-order chi connectivity index (χ1) is 19.0. The number of esters is 1. The molecule has 39 heavy (non-hydrogen) atoms. The molecule has 2 aliphatic rings. The van der Waals surface area contributed by atoms with Gasteiger partial charge in [-0.2, -0.15) is 0 Å². The molecule has 1 saturated heterocycles. The number of rotatable bonds is 8. The summed E-state index contributed by atoms with van der Waals surface area (Å²) in [6.07, 6.45) is 3.79. The summed E-state index contributed by atoms with van der Waals surface area (Å²) >= 11 is 1.49. The van der Waals surface area contributed by atoms with Gasteiger partial charge in [-0.1, -0.05) is 12.1 Å². The van der Waals surface area contributed by atoms with E-state index in [4.69, 9.17) is 9.47 Å². The van der Waals surface area contributed by atoms with E-state index in [1.165, 1.54) is 11.3 Å². The Labute approximate surface area is 232 Å². The van der Waals surface area contributed by atoms with E-state index in [1.807, 2.05) is 18.2 Å². The summed E-state index contributed by atoms with van der Waals surface area (Å²) in [6.45, 7) is 6.02. The average Bonchev–Trinajstić information content (AvgIpc) is 3.32. The van der Waals surface area contributed by atoms with Crippen molar-refractivity contribution in [3.8, 4) is 0 Å². The molecule has 204 valence electrons. The summed E-state index contributed by atoms with van der Waals surface area (Å²) in [5, 5.41) is 6.57. The van der Waals surface area contributed by atoms with E-state index >= 15 is 0 Å². The summed E-state index contributed by atoms with van der Waals surface area (Å²) < 4.78 is 10.5. The van der Waals surface area contributed by atoms with Crippen molar-refractivity contribution >= 4 is 39.8 Å². The molecule has 0 saturated carbocycles. The molecule has 1 fully saturated rings. The Morgan fingerprint density at radius 1 is 0.949 bits per heavy atom. The number of morpholine rings is 1. The minimum absolute atomic E-state index is 0.231. The highest BCUT2D eigenvalue weighted by atomic mass is 32.1. The molecule has 2 heterocycles. The molecule has 2 aromatic carbocycles. The number of thiophene rings is 1. The van der Waals surface area contributed by atoms with E-state index in [2.05, 4.69) is 15.5 Å². The molecule has 1 aliphatic carbocycles. The number of amides is 2. The molecular formula is C30H33N3O5S. The van der Waals surface area contributed by atoms with E-state index in [0.717, 1.165) is 74.5 Å². The van der Waals surface area contributed by atoms with Crippen LogP contribution in [0, 0.1) is 0 Å². The molecule has 0 unspecified atom stereocenters. The summed E-state index contributed by atoms with van der Waals surface area (Å²) in [5.41, 5.74) is 4.17. The number of carbonyl (C=O) groups excluding carboxylic acids is 3. The van der Waals surface area contributed by atoms with Gasteiger partial charge >= 0.3 is 5.97 Å². The number of carbonyl (C=O) groups is 3. The Hall–Kier alpha value is -3.53. The van der Waals surface area contributed by atoms with Crippen LogP contribution in [0.1, 0.15) is 66.8 Å². The third-order valence-electron chi connectivity index (χ3n) is 6.98. The van der Waals surface area contributed by atoms with Gasteiger partial charge in [0.15, 0.2) is 0 Å². The Bertz CT molecular complexity index is 1350. The maximum atomic E-state index is 13.5. The van der Waals surface area contributed by atoms with Gasteiger partial charge in [-0.15, -0.1) is 11.3 Å². The fraction of sp³-hybridized carbons (Fsp3) is 0.367. The van der Waals surface area contributed by atoms with Crippen LogP contribution in [0.2, 0.25) is 0 Å². The molecule has 8 nitrogen and oxygen atoms in total. The number of fused-ring (bicyclic) bond motifs is 1. The fourth-order valence-corrected chi connectivity index (χ4v) is 6.28. The van der Waals surface area contributed by atoms with Crippen LogP contribution in [0.3, 0.4) is 0 Å². The van der Waals surface area contributed by atoms with Crippen molar-refractivity contribution in [1.82, 2.24) is 4.90 Å². The number of ether oxygens (including phenoxy) is 2. The minimum Gasteiger partial charge on any atom is -0.462 e. The number of hydrogen-bond donors (Lipinski definition) is 2. The SMILES string of the molecule is CCOC(=O)c1ccc(NC(=O)c2c(NC(=O)c3cccc(CN4CCOCC4)c3)sc3c2CCCC3)cc1. The van der Waals surface area contributed by atoms with Crippen LogP contribution in [0.15, 0.2) is 48.5 Å². The molecule has 0 atom stereocenters. The molecule has 3 aromatic rings. The molecular weight excluding hydrogens is 514 g/mol. The second kappa shape index (κ2) is 12.5. The topological polar surface area (TPSA) is 97.0 Å². The minimum atomic E-state index is -0.402. The van der Waals surface area contributed by atoms with Crippen LogP contribution < -0.4 is 10.6 Å². The monoisotopic (exact) mass is 547 g/mol. The second-order valence-corrected chi connectivity index (χ2v) is 10.8. The van der Waals surface area contributed by atoms with Crippen LogP contribution in [0.5, 0.6) is 0 Å². The van der Waals surface area contributed by atoms with Crippen LogP contribution in [0.25, 0.3) is 0 Å². The highest BCUT2D eigenvalue weighted by Crippen LogP contribution is 2.39. The standard InChI is InChI=1S/C30H33N3O5S/c1-2-38-30(36)21-10-12-23(13-11-21)31-28(35)26-24-8-3-4-9-25(24)39-29(26)32-27(34)22-7-5-6-20(18-22)19-33-14-16-37-17-15-33/h5-7,10-13,18H,2-4,8-9,14-17,19H2,1H3,(H,31,35)(H,32,34).